The third-order valence-electron chi connectivity index (χ3n) is 2.74. The first kappa shape index (κ1) is 12.9. The minimum atomic E-state index is -0.261. The Morgan fingerprint density at radius 3 is 2.58 bits per heavy atom. The minimum Gasteiger partial charge on any atom is -0.497 e. The van der Waals surface area contributed by atoms with Crippen molar-refractivity contribution in [1.29, 1.82) is 5.26 Å². The van der Waals surface area contributed by atoms with Gasteiger partial charge in [-0.3, -0.25) is 0 Å². The van der Waals surface area contributed by atoms with Crippen LogP contribution in [0.4, 0.5) is 10.1 Å². The maximum Gasteiger partial charge on any atom is 0.123 e. The van der Waals surface area contributed by atoms with Crippen molar-refractivity contribution in [2.45, 2.75) is 6.54 Å². The van der Waals surface area contributed by atoms with Crippen LogP contribution in [0, 0.1) is 17.1 Å². The van der Waals surface area contributed by atoms with Gasteiger partial charge in [-0.25, -0.2) is 4.39 Å². The van der Waals surface area contributed by atoms with Crippen molar-refractivity contribution in [1.82, 2.24) is 0 Å². The summed E-state index contributed by atoms with van der Waals surface area (Å²) in [7, 11) is 1.57. The number of nitrogens with one attached hydrogen (secondary N) is 1. The lowest BCUT2D eigenvalue weighted by atomic mass is 10.1. The Balaban J connectivity index is 2.14. The molecule has 0 aliphatic carbocycles. The summed E-state index contributed by atoms with van der Waals surface area (Å²) in [6, 6.07) is 13.5. The van der Waals surface area contributed by atoms with E-state index in [0.717, 1.165) is 5.56 Å². The lowest BCUT2D eigenvalue weighted by molar-refractivity contribution is 0.415. The zero-order chi connectivity index (χ0) is 13.7. The molecule has 3 nitrogen and oxygen atoms in total. The molecule has 4 heteroatoms. The molecule has 0 bridgehead atoms. The van der Waals surface area contributed by atoms with Gasteiger partial charge in [0, 0.05) is 12.6 Å². The predicted molar refractivity (Wildman–Crippen MR) is 71.4 cm³/mol. The van der Waals surface area contributed by atoms with Gasteiger partial charge in [-0.2, -0.15) is 5.26 Å². The fourth-order valence-electron chi connectivity index (χ4n) is 1.69. The molecule has 0 atom stereocenters. The highest BCUT2D eigenvalue weighted by molar-refractivity contribution is 5.60. The Bertz CT molecular complexity index is 603. The normalized spacial score (nSPS) is 9.74. The third kappa shape index (κ3) is 3.23. The molecule has 0 radical (unpaired) electrons. The van der Waals surface area contributed by atoms with Crippen molar-refractivity contribution in [2.75, 3.05) is 12.4 Å². The van der Waals surface area contributed by atoms with Gasteiger partial charge in [-0.1, -0.05) is 12.1 Å². The molecule has 0 heterocycles. The van der Waals surface area contributed by atoms with Gasteiger partial charge in [0.2, 0.25) is 0 Å². The second-order valence-electron chi connectivity index (χ2n) is 4.00. The van der Waals surface area contributed by atoms with Crippen LogP contribution < -0.4 is 10.1 Å². The van der Waals surface area contributed by atoms with E-state index in [-0.39, 0.29) is 5.82 Å². The van der Waals surface area contributed by atoms with Crippen molar-refractivity contribution >= 4 is 5.69 Å². The fourth-order valence-corrected chi connectivity index (χ4v) is 1.69. The minimum absolute atomic E-state index is 0.261. The lowest BCUT2D eigenvalue weighted by Gasteiger charge is -2.10. The first-order valence-corrected chi connectivity index (χ1v) is 5.79. The molecule has 0 aliphatic heterocycles. The van der Waals surface area contributed by atoms with E-state index in [2.05, 4.69) is 11.4 Å². The first-order chi connectivity index (χ1) is 9.22. The van der Waals surface area contributed by atoms with E-state index in [4.69, 9.17) is 10.00 Å². The SMILES string of the molecule is COc1ccc(C#N)c(NCc2ccc(F)cc2)c1. The molecule has 2 aromatic carbocycles. The zero-order valence-electron chi connectivity index (χ0n) is 10.5. The Labute approximate surface area is 111 Å². The summed E-state index contributed by atoms with van der Waals surface area (Å²) in [5.41, 5.74) is 2.18. The summed E-state index contributed by atoms with van der Waals surface area (Å²) in [5, 5.41) is 12.2. The van der Waals surface area contributed by atoms with Crippen molar-refractivity contribution in [3.05, 3.63) is 59.4 Å². The van der Waals surface area contributed by atoms with Crippen LogP contribution in [0.25, 0.3) is 0 Å². The van der Waals surface area contributed by atoms with Crippen LogP contribution in [-0.4, -0.2) is 7.11 Å². The largest absolute Gasteiger partial charge is 0.497 e. The fraction of sp³-hybridized carbons (Fsp3) is 0.133. The molecule has 1 N–H and O–H groups in total. The summed E-state index contributed by atoms with van der Waals surface area (Å²) >= 11 is 0. The third-order valence-corrected chi connectivity index (χ3v) is 2.74. The quantitative estimate of drug-likeness (QED) is 0.912. The lowest BCUT2D eigenvalue weighted by Crippen LogP contribution is -2.01. The average molecular weight is 256 g/mol. The molecule has 19 heavy (non-hydrogen) atoms. The van der Waals surface area contributed by atoms with Crippen molar-refractivity contribution in [3.8, 4) is 11.8 Å². The molecule has 2 aromatic rings. The average Bonchev–Trinajstić information content (AvgIpc) is 2.46. The Morgan fingerprint density at radius 1 is 1.21 bits per heavy atom. The Kier molecular flexibility index (Phi) is 3.99. The molecule has 0 saturated heterocycles. The summed E-state index contributed by atoms with van der Waals surface area (Å²) in [4.78, 5) is 0. The van der Waals surface area contributed by atoms with E-state index < -0.39 is 0 Å². The Hall–Kier alpha value is -2.54. The van der Waals surface area contributed by atoms with Crippen LogP contribution in [0.5, 0.6) is 5.75 Å². The van der Waals surface area contributed by atoms with E-state index in [1.165, 1.54) is 12.1 Å². The van der Waals surface area contributed by atoms with Crippen LogP contribution >= 0.6 is 0 Å². The van der Waals surface area contributed by atoms with E-state index in [0.29, 0.717) is 23.5 Å². The molecule has 0 aliphatic rings. The zero-order valence-corrected chi connectivity index (χ0v) is 10.5. The highest BCUT2D eigenvalue weighted by Gasteiger charge is 2.04. The maximum atomic E-state index is 12.8. The van der Waals surface area contributed by atoms with Crippen LogP contribution in [0.15, 0.2) is 42.5 Å². The molecule has 96 valence electrons. The monoisotopic (exact) mass is 256 g/mol. The number of nitriles is 1. The standard InChI is InChI=1S/C15H13FN2O/c1-19-14-7-4-12(9-17)15(8-14)18-10-11-2-5-13(16)6-3-11/h2-8,18H,10H2,1H3. The van der Waals surface area contributed by atoms with E-state index in [1.807, 2.05) is 0 Å². The molecule has 0 fully saturated rings. The number of anilines is 1. The highest BCUT2D eigenvalue weighted by atomic mass is 19.1. The van der Waals surface area contributed by atoms with Crippen LogP contribution in [0.2, 0.25) is 0 Å². The van der Waals surface area contributed by atoms with E-state index in [1.54, 1.807) is 37.4 Å². The maximum absolute atomic E-state index is 12.8. The molecule has 0 amide bonds. The van der Waals surface area contributed by atoms with Crippen LogP contribution in [0.1, 0.15) is 11.1 Å². The summed E-state index contributed by atoms with van der Waals surface area (Å²) in [6.07, 6.45) is 0. The van der Waals surface area contributed by atoms with Crippen molar-refractivity contribution < 1.29 is 9.13 Å². The van der Waals surface area contributed by atoms with Crippen molar-refractivity contribution in [3.63, 3.8) is 0 Å². The number of ether oxygens (including phenoxy) is 1. The summed E-state index contributed by atoms with van der Waals surface area (Å²) in [6.45, 7) is 0.516. The number of hydrogen-bond acceptors (Lipinski definition) is 3. The number of rotatable bonds is 4. The first-order valence-electron chi connectivity index (χ1n) is 5.79. The van der Waals surface area contributed by atoms with Gasteiger partial charge < -0.3 is 10.1 Å². The van der Waals surface area contributed by atoms with Gasteiger partial charge in [-0.05, 0) is 29.8 Å². The summed E-state index contributed by atoms with van der Waals surface area (Å²) in [5.74, 6) is 0.420. The molecular weight excluding hydrogens is 243 g/mol. The number of benzene rings is 2. The number of hydrogen-bond donors (Lipinski definition) is 1. The predicted octanol–water partition coefficient (Wildman–Crippen LogP) is 3.32. The number of halogens is 1. The molecule has 0 aromatic heterocycles. The molecular formula is C15H13FN2O. The number of nitrogens with zero attached hydrogens (tertiary/aromatic N) is 1. The van der Waals surface area contributed by atoms with Gasteiger partial charge in [-0.15, -0.1) is 0 Å². The van der Waals surface area contributed by atoms with Crippen molar-refractivity contribution in [2.24, 2.45) is 0 Å². The molecule has 0 saturated carbocycles. The topological polar surface area (TPSA) is 45.0 Å². The Morgan fingerprint density at radius 2 is 1.95 bits per heavy atom. The van der Waals surface area contributed by atoms with Gasteiger partial charge in [0.1, 0.15) is 17.6 Å². The second kappa shape index (κ2) is 5.87. The van der Waals surface area contributed by atoms with Gasteiger partial charge in [0.25, 0.3) is 0 Å². The molecule has 2 rings (SSSR count). The smallest absolute Gasteiger partial charge is 0.123 e. The van der Waals surface area contributed by atoms with E-state index in [9.17, 15) is 4.39 Å². The molecule has 0 spiro atoms. The van der Waals surface area contributed by atoms with Gasteiger partial charge in [0.15, 0.2) is 0 Å². The second-order valence-corrected chi connectivity index (χ2v) is 4.00. The summed E-state index contributed by atoms with van der Waals surface area (Å²) < 4.78 is 17.9. The highest BCUT2D eigenvalue weighted by Crippen LogP contribution is 2.22. The van der Waals surface area contributed by atoms with Crippen LogP contribution in [-0.2, 0) is 6.54 Å². The van der Waals surface area contributed by atoms with Gasteiger partial charge in [0.05, 0.1) is 18.4 Å². The van der Waals surface area contributed by atoms with Gasteiger partial charge >= 0.3 is 0 Å². The number of methoxy groups -OCH3 is 1. The van der Waals surface area contributed by atoms with Crippen LogP contribution in [0.3, 0.4) is 0 Å². The molecule has 0 unspecified atom stereocenters. The van der Waals surface area contributed by atoms with E-state index >= 15 is 0 Å².